The average Bonchev–Trinajstić information content (AvgIpc) is 2.98. The molecule has 0 radical (unpaired) electrons. The van der Waals surface area contributed by atoms with Gasteiger partial charge in [-0.3, -0.25) is 4.79 Å². The minimum atomic E-state index is -1.11. The van der Waals surface area contributed by atoms with Crippen molar-refractivity contribution in [2.24, 2.45) is 5.92 Å². The van der Waals surface area contributed by atoms with Crippen molar-refractivity contribution in [2.45, 2.75) is 13.0 Å². The van der Waals surface area contributed by atoms with Crippen molar-refractivity contribution in [3.8, 4) is 0 Å². The van der Waals surface area contributed by atoms with Crippen molar-refractivity contribution in [1.82, 2.24) is 25.2 Å². The Morgan fingerprint density at radius 1 is 1.58 bits per heavy atom. The molecular formula is C11H17N5O3. The molecule has 8 nitrogen and oxygen atoms in total. The van der Waals surface area contributed by atoms with Crippen molar-refractivity contribution in [2.75, 3.05) is 26.7 Å². The second-order valence-electron chi connectivity index (χ2n) is 4.71. The zero-order valence-corrected chi connectivity index (χ0v) is 10.7. The molecule has 19 heavy (non-hydrogen) atoms. The van der Waals surface area contributed by atoms with E-state index in [0.717, 1.165) is 19.5 Å². The molecule has 2 rings (SSSR count). The Morgan fingerprint density at radius 2 is 2.37 bits per heavy atom. The predicted octanol–water partition coefficient (Wildman–Crippen LogP) is -0.956. The van der Waals surface area contributed by atoms with Crippen molar-refractivity contribution in [3.63, 3.8) is 0 Å². The minimum absolute atomic E-state index is 0.0444. The minimum Gasteiger partial charge on any atom is -0.476 e. The highest BCUT2D eigenvalue weighted by Crippen LogP contribution is 2.13. The summed E-state index contributed by atoms with van der Waals surface area (Å²) >= 11 is 0. The van der Waals surface area contributed by atoms with Crippen LogP contribution in [0.15, 0.2) is 6.20 Å². The Labute approximate surface area is 110 Å². The third-order valence-corrected chi connectivity index (χ3v) is 3.16. The topological polar surface area (TPSA) is 100 Å². The summed E-state index contributed by atoms with van der Waals surface area (Å²) in [4.78, 5) is 24.6. The maximum Gasteiger partial charge on any atom is 0.358 e. The van der Waals surface area contributed by atoms with Crippen molar-refractivity contribution < 1.29 is 14.7 Å². The van der Waals surface area contributed by atoms with Gasteiger partial charge in [-0.05, 0) is 20.0 Å². The molecule has 1 atom stereocenters. The van der Waals surface area contributed by atoms with Crippen LogP contribution in [0.3, 0.4) is 0 Å². The molecule has 0 spiro atoms. The lowest BCUT2D eigenvalue weighted by Crippen LogP contribution is -2.34. The summed E-state index contributed by atoms with van der Waals surface area (Å²) in [6.07, 6.45) is 2.23. The third-order valence-electron chi connectivity index (χ3n) is 3.16. The Bertz CT molecular complexity index is 473. The first kappa shape index (κ1) is 13.5. The van der Waals surface area contributed by atoms with Gasteiger partial charge in [-0.1, -0.05) is 5.21 Å². The van der Waals surface area contributed by atoms with E-state index < -0.39 is 5.97 Å². The van der Waals surface area contributed by atoms with E-state index in [-0.39, 0.29) is 17.5 Å². The van der Waals surface area contributed by atoms with Gasteiger partial charge in [0.25, 0.3) is 0 Å². The molecule has 1 aromatic heterocycles. The number of likely N-dealkylation sites (tertiary alicyclic amines) is 1. The fourth-order valence-corrected chi connectivity index (χ4v) is 2.09. The van der Waals surface area contributed by atoms with Gasteiger partial charge in [0.15, 0.2) is 5.69 Å². The van der Waals surface area contributed by atoms with Gasteiger partial charge in [-0.15, -0.1) is 5.10 Å². The summed E-state index contributed by atoms with van der Waals surface area (Å²) in [5, 5.41) is 18.7. The number of aromatic carboxylic acids is 1. The molecule has 1 aliphatic heterocycles. The molecule has 1 amide bonds. The molecule has 0 aromatic carbocycles. The number of carbonyl (C=O) groups is 2. The zero-order chi connectivity index (χ0) is 13.8. The van der Waals surface area contributed by atoms with Gasteiger partial charge in [-0.25, -0.2) is 9.48 Å². The molecule has 2 N–H and O–H groups in total. The van der Waals surface area contributed by atoms with Gasteiger partial charge in [0, 0.05) is 13.1 Å². The summed E-state index contributed by atoms with van der Waals surface area (Å²) in [5.41, 5.74) is -0.0938. The SMILES string of the molecule is CN1CCC(C(=O)NCCn2cc(C(=O)O)nn2)C1. The number of aromatic nitrogens is 3. The Balaban J connectivity index is 1.73. The lowest BCUT2D eigenvalue weighted by Gasteiger charge is -2.11. The van der Waals surface area contributed by atoms with E-state index in [1.807, 2.05) is 7.05 Å². The average molecular weight is 267 g/mol. The van der Waals surface area contributed by atoms with Crippen LogP contribution in [0.1, 0.15) is 16.9 Å². The maximum absolute atomic E-state index is 11.8. The van der Waals surface area contributed by atoms with Crippen LogP contribution in [0.4, 0.5) is 0 Å². The summed E-state index contributed by atoms with van der Waals surface area (Å²) < 4.78 is 1.41. The fraction of sp³-hybridized carbons (Fsp3) is 0.636. The van der Waals surface area contributed by atoms with E-state index in [4.69, 9.17) is 5.11 Å². The molecule has 0 aliphatic carbocycles. The molecule has 1 unspecified atom stereocenters. The number of nitrogens with one attached hydrogen (secondary N) is 1. The highest BCUT2D eigenvalue weighted by atomic mass is 16.4. The predicted molar refractivity (Wildman–Crippen MR) is 65.6 cm³/mol. The Hall–Kier alpha value is -1.96. The van der Waals surface area contributed by atoms with Crippen LogP contribution in [-0.4, -0.2) is 63.6 Å². The van der Waals surface area contributed by atoms with Gasteiger partial charge in [0.05, 0.1) is 18.7 Å². The van der Waals surface area contributed by atoms with Gasteiger partial charge < -0.3 is 15.3 Å². The molecule has 1 aliphatic rings. The largest absolute Gasteiger partial charge is 0.476 e. The molecule has 104 valence electrons. The van der Waals surface area contributed by atoms with Crippen LogP contribution >= 0.6 is 0 Å². The number of rotatable bonds is 5. The summed E-state index contributed by atoms with van der Waals surface area (Å²) in [6, 6.07) is 0. The van der Waals surface area contributed by atoms with Gasteiger partial charge in [0.2, 0.25) is 5.91 Å². The Kier molecular flexibility index (Phi) is 4.10. The summed E-state index contributed by atoms with van der Waals surface area (Å²) in [7, 11) is 2.00. The molecule has 0 saturated carbocycles. The van der Waals surface area contributed by atoms with Crippen LogP contribution in [-0.2, 0) is 11.3 Å². The number of carboxylic acids is 1. The standard InChI is InChI=1S/C11H17N5O3/c1-15-4-2-8(6-15)10(17)12-3-5-16-7-9(11(18)19)13-14-16/h7-8H,2-6H2,1H3,(H,12,17)(H,18,19). The van der Waals surface area contributed by atoms with Gasteiger partial charge in [0.1, 0.15) is 0 Å². The first-order chi connectivity index (χ1) is 9.06. The number of carboxylic acid groups (broad SMARTS) is 1. The van der Waals surface area contributed by atoms with Crippen molar-refractivity contribution in [1.29, 1.82) is 0 Å². The molecule has 1 saturated heterocycles. The van der Waals surface area contributed by atoms with Crippen molar-refractivity contribution in [3.05, 3.63) is 11.9 Å². The Morgan fingerprint density at radius 3 is 2.95 bits per heavy atom. The summed E-state index contributed by atoms with van der Waals surface area (Å²) in [5.74, 6) is -1.01. The van der Waals surface area contributed by atoms with E-state index in [0.29, 0.717) is 13.1 Å². The van der Waals surface area contributed by atoms with Crippen LogP contribution < -0.4 is 5.32 Å². The maximum atomic E-state index is 11.8. The number of amides is 1. The molecule has 1 fully saturated rings. The lowest BCUT2D eigenvalue weighted by molar-refractivity contribution is -0.124. The molecule has 1 aromatic rings. The molecule has 2 heterocycles. The molecule has 0 bridgehead atoms. The highest BCUT2D eigenvalue weighted by Gasteiger charge is 2.25. The zero-order valence-electron chi connectivity index (χ0n) is 10.7. The second-order valence-corrected chi connectivity index (χ2v) is 4.71. The number of hydrogen-bond donors (Lipinski definition) is 2. The highest BCUT2D eigenvalue weighted by molar-refractivity contribution is 5.84. The van der Waals surface area contributed by atoms with E-state index in [9.17, 15) is 9.59 Å². The van der Waals surface area contributed by atoms with E-state index in [1.165, 1.54) is 10.9 Å². The first-order valence-corrected chi connectivity index (χ1v) is 6.16. The second kappa shape index (κ2) is 5.79. The van der Waals surface area contributed by atoms with Crippen LogP contribution in [0, 0.1) is 5.92 Å². The van der Waals surface area contributed by atoms with Crippen molar-refractivity contribution >= 4 is 11.9 Å². The van der Waals surface area contributed by atoms with Crippen LogP contribution in [0.2, 0.25) is 0 Å². The number of hydrogen-bond acceptors (Lipinski definition) is 5. The normalized spacial score (nSPS) is 19.5. The van der Waals surface area contributed by atoms with Gasteiger partial charge >= 0.3 is 5.97 Å². The number of carbonyl (C=O) groups excluding carboxylic acids is 1. The molecule has 8 heteroatoms. The van der Waals surface area contributed by atoms with E-state index >= 15 is 0 Å². The lowest BCUT2D eigenvalue weighted by atomic mass is 10.1. The third kappa shape index (κ3) is 3.50. The van der Waals surface area contributed by atoms with Gasteiger partial charge in [-0.2, -0.15) is 0 Å². The number of nitrogens with zero attached hydrogens (tertiary/aromatic N) is 4. The monoisotopic (exact) mass is 267 g/mol. The summed E-state index contributed by atoms with van der Waals surface area (Å²) in [6.45, 7) is 2.57. The quantitative estimate of drug-likeness (QED) is 0.713. The molecular weight excluding hydrogens is 250 g/mol. The van der Waals surface area contributed by atoms with E-state index in [1.54, 1.807) is 0 Å². The van der Waals surface area contributed by atoms with Crippen LogP contribution in [0.5, 0.6) is 0 Å². The smallest absolute Gasteiger partial charge is 0.358 e. The van der Waals surface area contributed by atoms with E-state index in [2.05, 4.69) is 20.5 Å². The van der Waals surface area contributed by atoms with Crippen LogP contribution in [0.25, 0.3) is 0 Å². The first-order valence-electron chi connectivity index (χ1n) is 6.16. The fourth-order valence-electron chi connectivity index (χ4n) is 2.09.